The maximum Gasteiger partial charge on any atom is 0.221 e. The summed E-state index contributed by atoms with van der Waals surface area (Å²) in [6.45, 7) is 15.0. The third-order valence-corrected chi connectivity index (χ3v) is 7.26. The molecule has 0 saturated carbocycles. The minimum atomic E-state index is -0.296. The van der Waals surface area contributed by atoms with Gasteiger partial charge in [0.25, 0.3) is 0 Å². The average Bonchev–Trinajstić information content (AvgIpc) is 3.00. The van der Waals surface area contributed by atoms with Crippen LogP contribution in [0.3, 0.4) is 0 Å². The highest BCUT2D eigenvalue weighted by Crippen LogP contribution is 2.09. The third kappa shape index (κ3) is 47.2. The smallest absolute Gasteiger partial charge is 0.221 e. The van der Waals surface area contributed by atoms with Crippen LogP contribution >= 0.6 is 0 Å². The first-order valence-corrected chi connectivity index (χ1v) is 17.7. The van der Waals surface area contributed by atoms with Crippen LogP contribution in [-0.2, 0) is 14.4 Å². The highest BCUT2D eigenvalue weighted by molar-refractivity contribution is 5.77. The zero-order valence-corrected chi connectivity index (χ0v) is 30.1. The van der Waals surface area contributed by atoms with E-state index in [0.29, 0.717) is 26.1 Å². The molecule has 0 aromatic carbocycles. The van der Waals surface area contributed by atoms with E-state index in [1.54, 1.807) is 0 Å². The van der Waals surface area contributed by atoms with Gasteiger partial charge in [-0.25, -0.2) is 0 Å². The molecule has 0 aliphatic carbocycles. The van der Waals surface area contributed by atoms with Crippen LogP contribution in [0.4, 0.5) is 0 Å². The predicted octanol–water partition coefficient (Wildman–Crippen LogP) is 5.21. The summed E-state index contributed by atoms with van der Waals surface area (Å²) in [5, 5.41) is 0. The van der Waals surface area contributed by atoms with Gasteiger partial charge in [0.2, 0.25) is 17.7 Å². The molecule has 0 rings (SSSR count). The van der Waals surface area contributed by atoms with E-state index in [1.807, 2.05) is 20.8 Å². The normalized spacial score (nSPS) is 11.9. The number of hydrogen-bond donors (Lipinski definition) is 7. The minimum Gasteiger partial charge on any atom is -0.369 e. The average molecular weight is 634 g/mol. The second-order valence-electron chi connectivity index (χ2n) is 11.2. The van der Waals surface area contributed by atoms with Gasteiger partial charge in [-0.05, 0) is 64.6 Å². The Balaban J connectivity index is -0.000000144. The van der Waals surface area contributed by atoms with E-state index in [1.165, 1.54) is 77.0 Å². The molecule has 3 unspecified atom stereocenters. The Morgan fingerprint density at radius 1 is 0.409 bits per heavy atom. The summed E-state index contributed by atoms with van der Waals surface area (Å²) >= 11 is 0. The van der Waals surface area contributed by atoms with E-state index in [0.717, 1.165) is 38.6 Å². The van der Waals surface area contributed by atoms with Crippen molar-refractivity contribution in [1.29, 1.82) is 0 Å². The molecule has 44 heavy (non-hydrogen) atoms. The highest BCUT2D eigenvalue weighted by atomic mass is 16.2. The molecular weight excluding hydrogens is 554 g/mol. The fraction of sp³-hybridized carbons (Fsp3) is 0.912. The van der Waals surface area contributed by atoms with E-state index < -0.39 is 0 Å². The quantitative estimate of drug-likeness (QED) is 0.0741. The van der Waals surface area contributed by atoms with Crippen molar-refractivity contribution in [2.24, 2.45) is 57.9 Å². The van der Waals surface area contributed by atoms with E-state index in [4.69, 9.17) is 40.1 Å². The number of rotatable bonds is 23. The van der Waals surface area contributed by atoms with Gasteiger partial charge >= 0.3 is 0 Å². The van der Waals surface area contributed by atoms with Crippen LogP contribution in [0, 0.1) is 17.8 Å². The number of nitrogens with two attached hydrogens (primary N) is 7. The molecule has 10 heteroatoms. The van der Waals surface area contributed by atoms with Gasteiger partial charge in [0.1, 0.15) is 0 Å². The van der Waals surface area contributed by atoms with Crippen LogP contribution in [0.2, 0.25) is 0 Å². The van der Waals surface area contributed by atoms with Crippen LogP contribution in [0.5, 0.6) is 0 Å². The van der Waals surface area contributed by atoms with Crippen LogP contribution in [0.1, 0.15) is 157 Å². The molecule has 0 heterocycles. The number of amides is 3. The Kier molecular flexibility index (Phi) is 53.8. The summed E-state index contributed by atoms with van der Waals surface area (Å²) in [6, 6.07) is 0. The zero-order chi connectivity index (χ0) is 35.0. The van der Waals surface area contributed by atoms with Crippen LogP contribution in [0.15, 0.2) is 0 Å². The molecule has 0 fully saturated rings. The van der Waals surface area contributed by atoms with E-state index in [9.17, 15) is 14.4 Å². The van der Waals surface area contributed by atoms with Crippen LogP contribution in [-0.4, -0.2) is 43.9 Å². The second kappa shape index (κ2) is 45.7. The van der Waals surface area contributed by atoms with Crippen molar-refractivity contribution in [3.05, 3.63) is 0 Å². The number of carbonyl (C=O) groups is 3. The molecule has 0 aliphatic rings. The molecular formula is C34H79N7O3. The molecule has 14 N–H and O–H groups in total. The molecule has 0 bridgehead atoms. The number of hydrogen-bond acceptors (Lipinski definition) is 7. The molecule has 3 atom stereocenters. The first kappa shape index (κ1) is 51.8. The van der Waals surface area contributed by atoms with Gasteiger partial charge in [0.05, 0.1) is 0 Å². The number of unbranched alkanes of at least 4 members (excludes halogenated alkanes) is 10. The monoisotopic (exact) mass is 634 g/mol. The lowest BCUT2D eigenvalue weighted by Crippen LogP contribution is -2.28. The lowest BCUT2D eigenvalue weighted by molar-refractivity contribution is -0.122. The SMILES string of the molecule is CCC(CCCN)C(N)=O.CCC(CCN)C(N)=O.CCC(CN)C(N)=O.CCCCCCCCC.CCCCCCCN. The van der Waals surface area contributed by atoms with Gasteiger partial charge in [-0.1, -0.05) is 112 Å². The third-order valence-electron chi connectivity index (χ3n) is 7.26. The van der Waals surface area contributed by atoms with Crippen molar-refractivity contribution in [2.45, 2.75) is 157 Å². The largest absolute Gasteiger partial charge is 0.369 e. The molecule has 0 saturated heterocycles. The van der Waals surface area contributed by atoms with Crippen molar-refractivity contribution in [3.8, 4) is 0 Å². The summed E-state index contributed by atoms with van der Waals surface area (Å²) in [7, 11) is 0. The van der Waals surface area contributed by atoms with Gasteiger partial charge < -0.3 is 40.1 Å². The topological polar surface area (TPSA) is 233 Å². The minimum absolute atomic E-state index is 0.0185. The molecule has 0 aliphatic heterocycles. The summed E-state index contributed by atoms with van der Waals surface area (Å²) in [5.74, 6) is -0.845. The van der Waals surface area contributed by atoms with Gasteiger partial charge in [-0.3, -0.25) is 14.4 Å². The fourth-order valence-corrected chi connectivity index (χ4v) is 3.92. The van der Waals surface area contributed by atoms with Crippen molar-refractivity contribution in [3.63, 3.8) is 0 Å². The fourth-order valence-electron chi connectivity index (χ4n) is 3.92. The maximum absolute atomic E-state index is 10.6. The lowest BCUT2D eigenvalue weighted by Gasteiger charge is -2.08. The standard InChI is InChI=1S/C9H20.C7H16N2O.C7H17N.C6H14N2O.C5H12N2O/c1-3-5-7-9-8-6-4-2;1-2-6(7(9)10)4-3-5-8;1-2-3-4-5-6-7-8;1-2-5(3-4-7)6(8)9;1-2-4(3-6)5(7)8/h3-9H2,1-2H3;6H,2-5,8H2,1H3,(H2,9,10);2-8H2,1H3;5H,2-4,7H2,1H3,(H2,8,9);4H,2-3,6H2,1H3,(H2,7,8). The van der Waals surface area contributed by atoms with Crippen LogP contribution < -0.4 is 40.1 Å². The molecule has 0 aromatic heterocycles. The Hall–Kier alpha value is -1.75. The van der Waals surface area contributed by atoms with E-state index in [-0.39, 0.29) is 35.5 Å². The molecule has 0 aromatic rings. The Morgan fingerprint density at radius 3 is 0.932 bits per heavy atom. The van der Waals surface area contributed by atoms with Crippen molar-refractivity contribution < 1.29 is 14.4 Å². The van der Waals surface area contributed by atoms with Gasteiger partial charge in [-0.15, -0.1) is 0 Å². The summed E-state index contributed by atoms with van der Waals surface area (Å²) in [4.78, 5) is 31.4. The predicted molar refractivity (Wildman–Crippen MR) is 191 cm³/mol. The molecule has 3 amide bonds. The van der Waals surface area contributed by atoms with Crippen molar-refractivity contribution in [1.82, 2.24) is 0 Å². The molecule has 10 nitrogen and oxygen atoms in total. The van der Waals surface area contributed by atoms with E-state index >= 15 is 0 Å². The maximum atomic E-state index is 10.6. The second-order valence-corrected chi connectivity index (χ2v) is 11.2. The molecule has 0 radical (unpaired) electrons. The van der Waals surface area contributed by atoms with Crippen molar-refractivity contribution >= 4 is 17.7 Å². The Labute approximate surface area is 273 Å². The highest BCUT2D eigenvalue weighted by Gasteiger charge is 2.11. The zero-order valence-electron chi connectivity index (χ0n) is 30.1. The number of carbonyl (C=O) groups excluding carboxylic acids is 3. The van der Waals surface area contributed by atoms with Gasteiger partial charge in [0, 0.05) is 24.3 Å². The summed E-state index contributed by atoms with van der Waals surface area (Å²) in [5.41, 5.74) is 36.1. The first-order chi connectivity index (χ1) is 21.0. The van der Waals surface area contributed by atoms with Gasteiger partial charge in [0.15, 0.2) is 0 Å². The number of primary amides is 3. The first-order valence-electron chi connectivity index (χ1n) is 17.7. The summed E-state index contributed by atoms with van der Waals surface area (Å²) < 4.78 is 0. The van der Waals surface area contributed by atoms with E-state index in [2.05, 4.69) is 20.8 Å². The molecule has 0 spiro atoms. The molecule has 268 valence electrons. The van der Waals surface area contributed by atoms with Gasteiger partial charge in [-0.2, -0.15) is 0 Å². The Morgan fingerprint density at radius 2 is 0.727 bits per heavy atom. The van der Waals surface area contributed by atoms with Crippen LogP contribution in [0.25, 0.3) is 0 Å². The Bertz CT molecular complexity index is 565. The lowest BCUT2D eigenvalue weighted by atomic mass is 10.00. The summed E-state index contributed by atoms with van der Waals surface area (Å²) in [6.07, 6.45) is 21.4. The van der Waals surface area contributed by atoms with Crippen molar-refractivity contribution in [2.75, 3.05) is 26.2 Å².